The molecule has 2 rings (SSSR count). The van der Waals surface area contributed by atoms with E-state index < -0.39 is 10.1 Å². The van der Waals surface area contributed by atoms with E-state index in [9.17, 15) is 8.42 Å². The van der Waals surface area contributed by atoms with E-state index in [0.29, 0.717) is 0 Å². The van der Waals surface area contributed by atoms with E-state index in [2.05, 4.69) is 4.98 Å². The van der Waals surface area contributed by atoms with Crippen molar-refractivity contribution in [1.29, 1.82) is 0 Å². The van der Waals surface area contributed by atoms with Gasteiger partial charge >= 0.3 is 10.1 Å². The topological polar surface area (TPSA) is 65.5 Å². The van der Waals surface area contributed by atoms with Crippen molar-refractivity contribution in [3.05, 3.63) is 47.7 Å². The summed E-state index contributed by atoms with van der Waals surface area (Å²) in [4.78, 5) is 3.89. The highest BCUT2D eigenvalue weighted by Gasteiger charge is 2.24. The Labute approximate surface area is 131 Å². The minimum atomic E-state index is -4.02. The lowest BCUT2D eigenvalue weighted by molar-refractivity contribution is 0.396. The second-order valence-electron chi connectivity index (χ2n) is 5.22. The smallest absolute Gasteiger partial charge is 0.344 e. The Hall–Kier alpha value is -2.08. The first-order chi connectivity index (χ1) is 10.3. The monoisotopic (exact) mass is 321 g/mol. The summed E-state index contributed by atoms with van der Waals surface area (Å²) in [6, 6.07) is 8.15. The third-order valence-corrected chi connectivity index (χ3v) is 4.52. The maximum atomic E-state index is 12.5. The molecule has 0 fully saturated rings. The highest BCUT2D eigenvalue weighted by atomic mass is 32.2. The van der Waals surface area contributed by atoms with Gasteiger partial charge < -0.3 is 8.92 Å². The molecule has 0 radical (unpaired) electrons. The van der Waals surface area contributed by atoms with E-state index >= 15 is 0 Å². The summed E-state index contributed by atoms with van der Waals surface area (Å²) in [7, 11) is -2.58. The fourth-order valence-electron chi connectivity index (χ4n) is 2.21. The van der Waals surface area contributed by atoms with Gasteiger partial charge in [-0.2, -0.15) is 8.42 Å². The van der Waals surface area contributed by atoms with E-state index in [1.54, 1.807) is 24.3 Å². The standard InChI is InChI=1S/C16H19NO4S/c1-11(2)13-10-15(14(20-4)9-12(13)3)22(18,19)21-16-7-5-6-8-17-16/h5-11H,1-4H3. The number of nitrogens with zero attached hydrogens (tertiary/aromatic N) is 1. The molecule has 0 unspecified atom stereocenters. The molecule has 0 amide bonds. The van der Waals surface area contributed by atoms with E-state index in [1.165, 1.54) is 19.4 Å². The summed E-state index contributed by atoms with van der Waals surface area (Å²) in [6.45, 7) is 5.93. The Morgan fingerprint density at radius 1 is 1.18 bits per heavy atom. The number of hydrogen-bond donors (Lipinski definition) is 0. The fourth-order valence-corrected chi connectivity index (χ4v) is 3.28. The van der Waals surface area contributed by atoms with Crippen molar-refractivity contribution in [3.63, 3.8) is 0 Å². The first kappa shape index (κ1) is 16.3. The van der Waals surface area contributed by atoms with Gasteiger partial charge in [-0.05, 0) is 42.2 Å². The average molecular weight is 321 g/mol. The van der Waals surface area contributed by atoms with Crippen molar-refractivity contribution in [1.82, 2.24) is 4.98 Å². The molecule has 2 aromatic rings. The van der Waals surface area contributed by atoms with Gasteiger partial charge in [-0.25, -0.2) is 4.98 Å². The Bertz CT molecular complexity index is 755. The molecule has 1 aromatic carbocycles. The lowest BCUT2D eigenvalue weighted by atomic mass is 9.98. The van der Waals surface area contributed by atoms with Crippen LogP contribution in [-0.2, 0) is 10.1 Å². The highest BCUT2D eigenvalue weighted by Crippen LogP contribution is 2.32. The van der Waals surface area contributed by atoms with Crippen LogP contribution in [0.15, 0.2) is 41.4 Å². The van der Waals surface area contributed by atoms with Crippen LogP contribution < -0.4 is 8.92 Å². The summed E-state index contributed by atoms with van der Waals surface area (Å²) in [6.07, 6.45) is 1.47. The molecule has 0 aliphatic rings. The predicted molar refractivity (Wildman–Crippen MR) is 83.9 cm³/mol. The summed E-state index contributed by atoms with van der Waals surface area (Å²) in [5.41, 5.74) is 1.91. The van der Waals surface area contributed by atoms with E-state index in [-0.39, 0.29) is 22.4 Å². The third-order valence-electron chi connectivity index (χ3n) is 3.28. The Balaban J connectivity index is 2.52. The number of benzene rings is 1. The SMILES string of the molecule is COc1cc(C)c(C(C)C)cc1S(=O)(=O)Oc1ccccn1. The molecule has 0 aliphatic carbocycles. The van der Waals surface area contributed by atoms with Gasteiger partial charge in [0, 0.05) is 12.3 Å². The van der Waals surface area contributed by atoms with Crippen LogP contribution in [0.3, 0.4) is 0 Å². The summed E-state index contributed by atoms with van der Waals surface area (Å²) < 4.78 is 35.3. The minimum Gasteiger partial charge on any atom is -0.495 e. The number of rotatable bonds is 5. The summed E-state index contributed by atoms with van der Waals surface area (Å²) in [5, 5.41) is 0. The molecule has 0 saturated carbocycles. The van der Waals surface area contributed by atoms with Gasteiger partial charge in [-0.3, -0.25) is 0 Å². The molecule has 0 spiro atoms. The maximum Gasteiger partial charge on any atom is 0.344 e. The molecule has 0 bridgehead atoms. The largest absolute Gasteiger partial charge is 0.495 e. The minimum absolute atomic E-state index is 0.00922. The third kappa shape index (κ3) is 3.39. The Morgan fingerprint density at radius 2 is 1.91 bits per heavy atom. The summed E-state index contributed by atoms with van der Waals surface area (Å²) in [5.74, 6) is 0.476. The highest BCUT2D eigenvalue weighted by molar-refractivity contribution is 7.87. The second-order valence-corrected chi connectivity index (χ2v) is 6.73. The molecule has 0 saturated heterocycles. The average Bonchev–Trinajstić information content (AvgIpc) is 2.46. The fraction of sp³-hybridized carbons (Fsp3) is 0.312. The van der Waals surface area contributed by atoms with Crippen molar-refractivity contribution in [2.24, 2.45) is 0 Å². The Kier molecular flexibility index (Phi) is 4.71. The molecule has 5 nitrogen and oxygen atoms in total. The van der Waals surface area contributed by atoms with Gasteiger partial charge in [-0.1, -0.05) is 19.9 Å². The first-order valence-electron chi connectivity index (χ1n) is 6.89. The molecular weight excluding hydrogens is 302 g/mol. The summed E-state index contributed by atoms with van der Waals surface area (Å²) >= 11 is 0. The van der Waals surface area contributed by atoms with Crippen molar-refractivity contribution in [3.8, 4) is 11.6 Å². The van der Waals surface area contributed by atoms with Crippen LogP contribution in [0.5, 0.6) is 11.6 Å². The first-order valence-corrected chi connectivity index (χ1v) is 8.30. The molecule has 0 N–H and O–H groups in total. The van der Waals surface area contributed by atoms with Gasteiger partial charge in [0.1, 0.15) is 10.6 Å². The number of ether oxygens (including phenoxy) is 1. The van der Waals surface area contributed by atoms with Crippen LogP contribution in [0.1, 0.15) is 30.9 Å². The van der Waals surface area contributed by atoms with E-state index in [0.717, 1.165) is 11.1 Å². The zero-order valence-electron chi connectivity index (χ0n) is 13.0. The van der Waals surface area contributed by atoms with Gasteiger partial charge in [0.15, 0.2) is 0 Å². The molecule has 1 heterocycles. The van der Waals surface area contributed by atoms with E-state index in [1.807, 2.05) is 20.8 Å². The van der Waals surface area contributed by atoms with Crippen molar-refractivity contribution < 1.29 is 17.3 Å². The molecule has 0 atom stereocenters. The van der Waals surface area contributed by atoms with Crippen LogP contribution in [0.2, 0.25) is 0 Å². The van der Waals surface area contributed by atoms with Crippen molar-refractivity contribution in [2.45, 2.75) is 31.6 Å². The van der Waals surface area contributed by atoms with Crippen LogP contribution in [-0.4, -0.2) is 20.5 Å². The van der Waals surface area contributed by atoms with Gasteiger partial charge in [0.2, 0.25) is 5.88 Å². The number of aromatic nitrogens is 1. The molecular formula is C16H19NO4S. The van der Waals surface area contributed by atoms with E-state index in [4.69, 9.17) is 8.92 Å². The van der Waals surface area contributed by atoms with Crippen LogP contribution in [0.25, 0.3) is 0 Å². The number of pyridine rings is 1. The zero-order chi connectivity index (χ0) is 16.3. The zero-order valence-corrected chi connectivity index (χ0v) is 13.8. The molecule has 6 heteroatoms. The lowest BCUT2D eigenvalue weighted by Crippen LogP contribution is -2.13. The predicted octanol–water partition coefficient (Wildman–Crippen LogP) is 3.29. The second kappa shape index (κ2) is 6.36. The normalized spacial score (nSPS) is 11.5. The van der Waals surface area contributed by atoms with Crippen molar-refractivity contribution in [2.75, 3.05) is 7.11 Å². The van der Waals surface area contributed by atoms with Gasteiger partial charge in [-0.15, -0.1) is 0 Å². The maximum absolute atomic E-state index is 12.5. The number of methoxy groups -OCH3 is 1. The molecule has 1 aromatic heterocycles. The van der Waals surface area contributed by atoms with Gasteiger partial charge in [0.25, 0.3) is 0 Å². The van der Waals surface area contributed by atoms with Crippen LogP contribution >= 0.6 is 0 Å². The number of aryl methyl sites for hydroxylation is 1. The quantitative estimate of drug-likeness (QED) is 0.791. The Morgan fingerprint density at radius 3 is 2.45 bits per heavy atom. The lowest BCUT2D eigenvalue weighted by Gasteiger charge is -2.16. The number of hydrogen-bond acceptors (Lipinski definition) is 5. The van der Waals surface area contributed by atoms with Gasteiger partial charge in [0.05, 0.1) is 7.11 Å². The van der Waals surface area contributed by atoms with Crippen LogP contribution in [0, 0.1) is 6.92 Å². The molecule has 22 heavy (non-hydrogen) atoms. The van der Waals surface area contributed by atoms with Crippen LogP contribution in [0.4, 0.5) is 0 Å². The molecule has 118 valence electrons. The molecule has 0 aliphatic heterocycles. The van der Waals surface area contributed by atoms with Crippen molar-refractivity contribution >= 4 is 10.1 Å².